The fourth-order valence-corrected chi connectivity index (χ4v) is 5.61. The van der Waals surface area contributed by atoms with Crippen LogP contribution in [0.2, 0.25) is 0 Å². The molecule has 1 unspecified atom stereocenters. The van der Waals surface area contributed by atoms with Gasteiger partial charge in [0, 0.05) is 30.9 Å². The second kappa shape index (κ2) is 10.5. The minimum atomic E-state index is -5.06. The third-order valence-electron chi connectivity index (χ3n) is 7.73. The van der Waals surface area contributed by atoms with Crippen molar-refractivity contribution in [2.24, 2.45) is 0 Å². The molecular formula is C29H31F6N3O2. The van der Waals surface area contributed by atoms with Crippen LogP contribution >= 0.6 is 0 Å². The van der Waals surface area contributed by atoms with Crippen LogP contribution in [0, 0.1) is 6.92 Å². The zero-order valence-corrected chi connectivity index (χ0v) is 22.7. The first kappa shape index (κ1) is 29.5. The number of para-hydroxylation sites is 1. The molecule has 4 rings (SSSR count). The van der Waals surface area contributed by atoms with Gasteiger partial charge in [0.1, 0.15) is 11.7 Å². The van der Waals surface area contributed by atoms with Crippen molar-refractivity contribution in [1.29, 1.82) is 0 Å². The predicted octanol–water partition coefficient (Wildman–Crippen LogP) is 6.67. The number of hydrogen-bond acceptors (Lipinski definition) is 3. The fraction of sp³-hybridized carbons (Fsp3) is 0.448. The number of allylic oxidation sites excluding steroid dienone is 1. The summed E-state index contributed by atoms with van der Waals surface area (Å²) in [5.74, 6) is -1.06. The number of rotatable bonds is 4. The Morgan fingerprint density at radius 1 is 0.975 bits per heavy atom. The zero-order valence-electron chi connectivity index (χ0n) is 22.7. The molecule has 11 heteroatoms. The van der Waals surface area contributed by atoms with E-state index < -0.39 is 40.5 Å². The first-order valence-electron chi connectivity index (χ1n) is 12.9. The van der Waals surface area contributed by atoms with Gasteiger partial charge in [-0.2, -0.15) is 26.3 Å². The summed E-state index contributed by atoms with van der Waals surface area (Å²) in [6.45, 7) is 8.10. The van der Waals surface area contributed by atoms with Gasteiger partial charge in [-0.1, -0.05) is 29.8 Å². The molecule has 2 aromatic rings. The summed E-state index contributed by atoms with van der Waals surface area (Å²) < 4.78 is 80.2. The Bertz CT molecular complexity index is 1290. The van der Waals surface area contributed by atoms with Gasteiger partial charge in [0.25, 0.3) is 11.8 Å². The van der Waals surface area contributed by atoms with Gasteiger partial charge in [0.05, 0.1) is 11.1 Å². The number of piperidine rings is 1. The lowest BCUT2D eigenvalue weighted by molar-refractivity contribution is -0.143. The summed E-state index contributed by atoms with van der Waals surface area (Å²) in [5.41, 5.74) is -1.93. The van der Waals surface area contributed by atoms with Crippen molar-refractivity contribution in [3.63, 3.8) is 0 Å². The number of likely N-dealkylation sites (tertiary alicyclic amines) is 1. The fourth-order valence-electron chi connectivity index (χ4n) is 5.61. The molecule has 2 amide bonds. The second-order valence-corrected chi connectivity index (χ2v) is 10.6. The molecule has 1 atom stereocenters. The zero-order chi connectivity index (χ0) is 29.6. The minimum Gasteiger partial charge on any atom is -0.338 e. The summed E-state index contributed by atoms with van der Waals surface area (Å²) >= 11 is 0. The highest BCUT2D eigenvalue weighted by Crippen LogP contribution is 2.44. The van der Waals surface area contributed by atoms with E-state index in [9.17, 15) is 35.9 Å². The Balaban J connectivity index is 1.67. The number of benzene rings is 2. The van der Waals surface area contributed by atoms with Crippen LogP contribution in [0.4, 0.5) is 32.0 Å². The van der Waals surface area contributed by atoms with E-state index in [1.807, 2.05) is 58.0 Å². The Kier molecular flexibility index (Phi) is 7.72. The molecule has 2 saturated heterocycles. The molecule has 0 saturated carbocycles. The molecule has 1 spiro atoms. The summed E-state index contributed by atoms with van der Waals surface area (Å²) in [6.07, 6.45) is -8.13. The molecule has 0 radical (unpaired) electrons. The van der Waals surface area contributed by atoms with Crippen LogP contribution in [0.3, 0.4) is 0 Å². The van der Waals surface area contributed by atoms with Crippen molar-refractivity contribution >= 4 is 17.5 Å². The van der Waals surface area contributed by atoms with Crippen LogP contribution in [0.15, 0.2) is 54.1 Å². The quantitative estimate of drug-likeness (QED) is 0.306. The lowest BCUT2D eigenvalue weighted by Gasteiger charge is -2.45. The second-order valence-electron chi connectivity index (χ2n) is 10.6. The first-order valence-corrected chi connectivity index (χ1v) is 12.9. The summed E-state index contributed by atoms with van der Waals surface area (Å²) in [7, 11) is 0. The highest BCUT2D eigenvalue weighted by Gasteiger charge is 2.57. The smallest absolute Gasteiger partial charge is 0.338 e. The number of carbonyl (C=O) groups excluding carboxylic acids is 2. The monoisotopic (exact) mass is 567 g/mol. The van der Waals surface area contributed by atoms with E-state index in [0.29, 0.717) is 18.7 Å². The number of amides is 2. The number of carbonyl (C=O) groups is 2. The van der Waals surface area contributed by atoms with E-state index in [0.717, 1.165) is 16.8 Å². The molecule has 2 aromatic carbocycles. The van der Waals surface area contributed by atoms with Crippen LogP contribution < -0.4 is 4.90 Å². The van der Waals surface area contributed by atoms with E-state index in [1.165, 1.54) is 4.90 Å². The van der Waals surface area contributed by atoms with E-state index in [1.54, 1.807) is 4.90 Å². The van der Waals surface area contributed by atoms with Gasteiger partial charge in [0.15, 0.2) is 0 Å². The molecule has 40 heavy (non-hydrogen) atoms. The predicted molar refractivity (Wildman–Crippen MR) is 139 cm³/mol. The van der Waals surface area contributed by atoms with Crippen molar-refractivity contribution in [2.45, 2.75) is 64.6 Å². The molecular weight excluding hydrogens is 536 g/mol. The average Bonchev–Trinajstić information content (AvgIpc) is 3.07. The van der Waals surface area contributed by atoms with Crippen LogP contribution in [0.25, 0.3) is 0 Å². The Morgan fingerprint density at radius 3 is 2.02 bits per heavy atom. The topological polar surface area (TPSA) is 43.9 Å². The van der Waals surface area contributed by atoms with Crippen molar-refractivity contribution in [2.75, 3.05) is 24.5 Å². The number of alkyl halides is 6. The van der Waals surface area contributed by atoms with Gasteiger partial charge < -0.3 is 14.7 Å². The minimum absolute atomic E-state index is 0.00167. The maximum absolute atomic E-state index is 14.0. The molecule has 5 nitrogen and oxygen atoms in total. The van der Waals surface area contributed by atoms with E-state index in [-0.39, 0.29) is 44.1 Å². The standard InChI is InChI=1S/C29H31F6N3O2/c1-18(2)9-12-37-20(4)38(24-8-6-5-7-19(24)3)27(26(37)40)10-13-36(14-11-27)25(39)21-15-22(28(30,31)32)17-23(16-21)29(33,34)35/h5-9,15-17,20H,10-14H2,1-4H3. The third-order valence-corrected chi connectivity index (χ3v) is 7.73. The summed E-state index contributed by atoms with van der Waals surface area (Å²) in [6, 6.07) is 8.52. The number of hydrogen-bond donors (Lipinski definition) is 0. The highest BCUT2D eigenvalue weighted by molar-refractivity contribution is 5.97. The van der Waals surface area contributed by atoms with Gasteiger partial charge in [-0.05, 0) is 70.4 Å². The van der Waals surface area contributed by atoms with Crippen LogP contribution in [0.1, 0.15) is 60.7 Å². The van der Waals surface area contributed by atoms with Crippen LogP contribution in [-0.2, 0) is 17.1 Å². The van der Waals surface area contributed by atoms with Crippen molar-refractivity contribution in [1.82, 2.24) is 9.80 Å². The van der Waals surface area contributed by atoms with Crippen molar-refractivity contribution < 1.29 is 35.9 Å². The van der Waals surface area contributed by atoms with Gasteiger partial charge in [-0.3, -0.25) is 9.59 Å². The molecule has 2 aliphatic heterocycles. The van der Waals surface area contributed by atoms with Crippen molar-refractivity contribution in [3.8, 4) is 0 Å². The molecule has 2 heterocycles. The molecule has 0 bridgehead atoms. The lowest BCUT2D eigenvalue weighted by atomic mass is 9.84. The van der Waals surface area contributed by atoms with E-state index in [2.05, 4.69) is 4.90 Å². The maximum Gasteiger partial charge on any atom is 0.416 e. The van der Waals surface area contributed by atoms with Gasteiger partial charge in [-0.15, -0.1) is 0 Å². The van der Waals surface area contributed by atoms with Gasteiger partial charge in [-0.25, -0.2) is 0 Å². The largest absolute Gasteiger partial charge is 0.416 e. The Hall–Kier alpha value is -3.50. The molecule has 0 aromatic heterocycles. The average molecular weight is 568 g/mol. The maximum atomic E-state index is 14.0. The van der Waals surface area contributed by atoms with E-state index >= 15 is 0 Å². The highest BCUT2D eigenvalue weighted by atomic mass is 19.4. The molecule has 0 N–H and O–H groups in total. The molecule has 0 aliphatic carbocycles. The first-order chi connectivity index (χ1) is 18.6. The lowest BCUT2D eigenvalue weighted by Crippen LogP contribution is -2.58. The van der Waals surface area contributed by atoms with Crippen LogP contribution in [-0.4, -0.2) is 53.0 Å². The molecule has 216 valence electrons. The van der Waals surface area contributed by atoms with Crippen molar-refractivity contribution in [3.05, 3.63) is 76.4 Å². The molecule has 2 aliphatic rings. The number of anilines is 1. The normalized spacial score (nSPS) is 19.4. The van der Waals surface area contributed by atoms with Gasteiger partial charge >= 0.3 is 12.4 Å². The molecule has 2 fully saturated rings. The summed E-state index contributed by atoms with van der Waals surface area (Å²) in [4.78, 5) is 32.2. The van der Waals surface area contributed by atoms with Gasteiger partial charge in [0.2, 0.25) is 0 Å². The SMILES string of the molecule is CC(C)=CCN1C(=O)C2(CCN(C(=O)c3cc(C(F)(F)F)cc(C(F)(F)F)c3)CC2)N(c2ccccc2C)C1C. The Labute approximate surface area is 229 Å². The van der Waals surface area contributed by atoms with Crippen LogP contribution in [0.5, 0.6) is 0 Å². The van der Waals surface area contributed by atoms with E-state index in [4.69, 9.17) is 0 Å². The number of halogens is 6. The number of aryl methyl sites for hydroxylation is 1. The summed E-state index contributed by atoms with van der Waals surface area (Å²) in [5, 5.41) is 0. The Morgan fingerprint density at radius 2 is 1.52 bits per heavy atom. The third kappa shape index (κ3) is 5.42. The number of nitrogens with zero attached hydrogens (tertiary/aromatic N) is 3.